The standard InChI is InChI=1S/2C7H9.C3H7.CH3.2ClH.H2Si.Zr/c2*1-6-3-4-7(2)5-6;1-3-2;;;;;/h2*5H,3H2,1-2H3;3H,1-2H3;1H3;2*1H;1H2;/q4*-1;;;;. The van der Waals surface area contributed by atoms with Crippen LogP contribution in [0, 0.1) is 26.0 Å². The molecule has 0 aliphatic heterocycles. The molecule has 0 heterocycles. The second-order valence-corrected chi connectivity index (χ2v) is 4.63. The summed E-state index contributed by atoms with van der Waals surface area (Å²) in [6.45, 7) is 14.4. The molecule has 0 amide bonds. The zero-order chi connectivity index (χ0) is 15.3. The fourth-order valence-electron chi connectivity index (χ4n) is 1.50. The van der Waals surface area contributed by atoms with E-state index in [2.05, 4.69) is 52.0 Å². The van der Waals surface area contributed by atoms with Gasteiger partial charge in [-0.1, -0.05) is 27.7 Å². The van der Waals surface area contributed by atoms with Gasteiger partial charge >= 0.3 is 30.2 Å². The summed E-state index contributed by atoms with van der Waals surface area (Å²) in [6, 6.07) is 0. The van der Waals surface area contributed by atoms with Gasteiger partial charge in [-0.05, 0) is 0 Å². The predicted octanol–water partition coefficient (Wildman–Crippen LogP) is 5.78. The molecule has 22 heavy (non-hydrogen) atoms. The molecular weight excluding hydrogens is 406 g/mol. The normalized spacial score (nSPS) is 13.1. The van der Waals surface area contributed by atoms with Gasteiger partial charge in [-0.3, -0.25) is 12.2 Å². The van der Waals surface area contributed by atoms with Crippen LogP contribution in [-0.4, -0.2) is 6.88 Å². The zero-order valence-electron chi connectivity index (χ0n) is 15.2. The molecule has 0 bridgehead atoms. The minimum atomic E-state index is 0. The first-order chi connectivity index (χ1) is 8.99. The first kappa shape index (κ1) is 34.1. The van der Waals surface area contributed by atoms with E-state index in [-0.39, 0.29) is 32.2 Å². The van der Waals surface area contributed by atoms with Crippen LogP contribution in [0.3, 0.4) is 0 Å². The third kappa shape index (κ3) is 22.9. The van der Waals surface area contributed by atoms with Crippen LogP contribution < -0.4 is 0 Å². The van der Waals surface area contributed by atoms with Gasteiger partial charge in [0.05, 0.1) is 0 Å². The van der Waals surface area contributed by atoms with E-state index >= 15 is 0 Å². The van der Waals surface area contributed by atoms with Gasteiger partial charge < -0.3 is 13.8 Å². The number of halogens is 2. The monoisotopic (exact) mass is 436 g/mol. The molecule has 0 aromatic rings. The molecule has 0 aromatic heterocycles. The van der Waals surface area contributed by atoms with Crippen LogP contribution in [-0.2, 0) is 23.3 Å². The van der Waals surface area contributed by atoms with E-state index < -0.39 is 0 Å². The number of hydrogen-bond acceptors (Lipinski definition) is 0. The Hall–Kier alpha value is 0.640. The van der Waals surface area contributed by atoms with E-state index in [0.29, 0.717) is 0 Å². The van der Waals surface area contributed by atoms with Crippen molar-refractivity contribution in [1.82, 2.24) is 0 Å². The maximum absolute atomic E-state index is 3.19. The van der Waals surface area contributed by atoms with Crippen molar-refractivity contribution in [3.8, 4) is 0 Å². The summed E-state index contributed by atoms with van der Waals surface area (Å²) < 4.78 is 0. The molecule has 0 saturated carbocycles. The Kier molecular flexibility index (Phi) is 37.0. The summed E-state index contributed by atoms with van der Waals surface area (Å²) >= 11 is 1.58. The third-order valence-corrected chi connectivity index (χ3v) is 2.22. The Balaban J connectivity index is -0.0000000617. The predicted molar refractivity (Wildman–Crippen MR) is 107 cm³/mol. The molecule has 2 rings (SSSR count). The van der Waals surface area contributed by atoms with Crippen molar-refractivity contribution in [2.75, 3.05) is 0 Å². The Labute approximate surface area is 169 Å². The Morgan fingerprint density at radius 1 is 0.864 bits per heavy atom. The van der Waals surface area contributed by atoms with Crippen LogP contribution in [0.2, 0.25) is 0 Å². The third-order valence-electron chi connectivity index (χ3n) is 2.22. The van der Waals surface area contributed by atoms with Gasteiger partial charge in [0, 0.05) is 0 Å². The van der Waals surface area contributed by atoms with Crippen LogP contribution in [0.5, 0.6) is 0 Å². The van der Waals surface area contributed by atoms with Crippen molar-refractivity contribution in [3.05, 3.63) is 60.4 Å². The van der Waals surface area contributed by atoms with Crippen molar-refractivity contribution in [2.24, 2.45) is 0 Å². The van der Waals surface area contributed by atoms with Crippen LogP contribution in [0.4, 0.5) is 0 Å². The summed E-state index contributed by atoms with van der Waals surface area (Å²) in [6.07, 6.45) is 14.8. The quantitative estimate of drug-likeness (QED) is 0.332. The molecule has 2 aliphatic rings. The molecule has 0 fully saturated rings. The molecule has 0 aromatic carbocycles. The molecule has 0 atom stereocenters. The summed E-state index contributed by atoms with van der Waals surface area (Å²) in [5.74, 6) is 0. The van der Waals surface area contributed by atoms with Crippen molar-refractivity contribution in [2.45, 2.75) is 54.4 Å². The molecular formula is C18H32Cl2SiZr-4. The number of hydrogen-bond donors (Lipinski definition) is 0. The molecule has 130 valence electrons. The molecule has 0 saturated heterocycles. The van der Waals surface area contributed by atoms with Gasteiger partial charge in [0.1, 0.15) is 0 Å². The van der Waals surface area contributed by atoms with E-state index in [0.717, 1.165) is 12.8 Å². The van der Waals surface area contributed by atoms with Gasteiger partial charge in [0.2, 0.25) is 0 Å². The van der Waals surface area contributed by atoms with Gasteiger partial charge in [-0.15, -0.1) is 37.7 Å². The summed E-state index contributed by atoms with van der Waals surface area (Å²) in [5.41, 5.74) is 5.44. The first-order valence-electron chi connectivity index (χ1n) is 6.58. The van der Waals surface area contributed by atoms with Crippen LogP contribution in [0.25, 0.3) is 0 Å². The van der Waals surface area contributed by atoms with Crippen molar-refractivity contribution < 1.29 is 23.3 Å². The van der Waals surface area contributed by atoms with E-state index in [1.165, 1.54) is 22.3 Å². The number of allylic oxidation sites excluding steroid dienone is 8. The van der Waals surface area contributed by atoms with E-state index in [1.54, 1.807) is 23.3 Å². The molecule has 4 heteroatoms. The Morgan fingerprint density at radius 2 is 1.09 bits per heavy atom. The van der Waals surface area contributed by atoms with Crippen LogP contribution in [0.1, 0.15) is 54.4 Å². The van der Waals surface area contributed by atoms with Gasteiger partial charge in [0.15, 0.2) is 0 Å². The van der Waals surface area contributed by atoms with E-state index in [1.807, 2.05) is 27.1 Å². The average Bonchev–Trinajstić information content (AvgIpc) is 2.92. The zero-order valence-corrected chi connectivity index (χ0v) is 20.7. The molecule has 0 radical (unpaired) electrons. The fourth-order valence-corrected chi connectivity index (χ4v) is 1.50. The summed E-state index contributed by atoms with van der Waals surface area (Å²) in [4.78, 5) is 0. The Morgan fingerprint density at radius 3 is 1.14 bits per heavy atom. The minimum absolute atomic E-state index is 0. The van der Waals surface area contributed by atoms with Crippen molar-refractivity contribution >= 4 is 31.7 Å². The molecule has 2 aliphatic carbocycles. The fraction of sp³-hybridized carbons (Fsp3) is 0.444. The second-order valence-electron chi connectivity index (χ2n) is 4.63. The van der Waals surface area contributed by atoms with Gasteiger partial charge in [-0.25, -0.2) is 23.3 Å². The first-order valence-corrected chi connectivity index (χ1v) is 12.5. The van der Waals surface area contributed by atoms with Crippen LogP contribution in [0.15, 0.2) is 34.4 Å². The molecule has 0 N–H and O–H groups in total. The average molecular weight is 439 g/mol. The summed E-state index contributed by atoms with van der Waals surface area (Å²) in [5, 5.41) is 0. The Bertz CT molecular complexity index is 335. The van der Waals surface area contributed by atoms with E-state index in [9.17, 15) is 0 Å². The number of rotatable bonds is 0. The van der Waals surface area contributed by atoms with E-state index in [4.69, 9.17) is 0 Å². The van der Waals surface area contributed by atoms with Gasteiger partial charge in [0.25, 0.3) is 0 Å². The second kappa shape index (κ2) is 23.9. The molecule has 0 spiro atoms. The van der Waals surface area contributed by atoms with Gasteiger partial charge in [-0.2, -0.15) is 25.0 Å². The summed E-state index contributed by atoms with van der Waals surface area (Å²) in [7, 11) is 0. The maximum atomic E-state index is 3.19. The molecule has 0 nitrogen and oxygen atoms in total. The van der Waals surface area contributed by atoms with Crippen molar-refractivity contribution in [3.63, 3.8) is 0 Å². The SMILES string of the molecule is CC1=[C-]CC(C)=C1.CC1=[C-]CC(C)=C1.C[CH-]C.Cl.Cl.[CH3-].[SiH2]=[Zr]. The topological polar surface area (TPSA) is 0 Å². The van der Waals surface area contributed by atoms with Crippen LogP contribution >= 0.6 is 24.8 Å². The van der Waals surface area contributed by atoms with Crippen molar-refractivity contribution in [1.29, 1.82) is 0 Å². The molecule has 0 unspecified atom stereocenters.